The summed E-state index contributed by atoms with van der Waals surface area (Å²) in [5.41, 5.74) is 3.97. The molecule has 1 saturated carbocycles. The number of hydrogen-bond acceptors (Lipinski definition) is 5. The Bertz CT molecular complexity index is 800. The van der Waals surface area contributed by atoms with Crippen molar-refractivity contribution < 1.29 is 14.7 Å². The molecule has 1 aromatic carbocycles. The van der Waals surface area contributed by atoms with Gasteiger partial charge in [-0.05, 0) is 43.4 Å². The summed E-state index contributed by atoms with van der Waals surface area (Å²) in [6.45, 7) is 1.77. The smallest absolute Gasteiger partial charge is 0.291 e. The van der Waals surface area contributed by atoms with Crippen LogP contribution in [0.2, 0.25) is 0 Å². The van der Waals surface area contributed by atoms with Crippen LogP contribution >= 0.6 is 0 Å². The number of aliphatic hydroxyl groups is 1. The number of nitrogens with zero attached hydrogens (tertiary/aromatic N) is 1. The van der Waals surface area contributed by atoms with Crippen LogP contribution < -0.4 is 10.5 Å². The lowest BCUT2D eigenvalue weighted by molar-refractivity contribution is -0.119. The van der Waals surface area contributed by atoms with Gasteiger partial charge in [-0.2, -0.15) is 5.10 Å². The van der Waals surface area contributed by atoms with Gasteiger partial charge in [-0.25, -0.2) is 0 Å². The van der Waals surface area contributed by atoms with Crippen molar-refractivity contribution in [3.63, 3.8) is 0 Å². The molecule has 1 aliphatic carbocycles. The molecule has 1 heterocycles. The van der Waals surface area contributed by atoms with Gasteiger partial charge in [-0.15, -0.1) is 0 Å². The van der Waals surface area contributed by atoms with Crippen molar-refractivity contribution in [3.05, 3.63) is 35.7 Å². The summed E-state index contributed by atoms with van der Waals surface area (Å²) in [7, 11) is 1.31. The van der Waals surface area contributed by atoms with Crippen LogP contribution in [0.25, 0.3) is 11.1 Å². The lowest BCUT2D eigenvalue weighted by Gasteiger charge is -2.29. The minimum absolute atomic E-state index is 0.131. The predicted molar refractivity (Wildman–Crippen MR) is 109 cm³/mol. The number of aliphatic hydroxyl groups excluding tert-OH is 1. The van der Waals surface area contributed by atoms with Crippen LogP contribution in [0.3, 0.4) is 0 Å². The van der Waals surface area contributed by atoms with E-state index in [-0.39, 0.29) is 18.4 Å². The van der Waals surface area contributed by atoms with Crippen molar-refractivity contribution in [2.45, 2.75) is 51.7 Å². The number of hydrogen-bond donors (Lipinski definition) is 4. The number of aryl methyl sites for hydroxylation is 1. The third-order valence-corrected chi connectivity index (χ3v) is 5.36. The molecule has 0 spiro atoms. The summed E-state index contributed by atoms with van der Waals surface area (Å²) in [5, 5.41) is 22.4. The first-order valence-corrected chi connectivity index (χ1v) is 9.73. The molecule has 0 bridgehead atoms. The average Bonchev–Trinajstić information content (AvgIpc) is 3.10. The standard InChI is InChI=1S/C20H26BN4O3/c1-13-18(17(11-26)25-24-13)14-7-9-16(10-8-14)22-20(28)19(23-21-12-27)15-5-3-2-4-6-15/h7-10,12,15,19,23,26H,2-6,11H2,1H3,(H,22,28)(H,24,25)/t19-/m0/s1. The quantitative estimate of drug-likeness (QED) is 0.414. The number of aromatic amines is 1. The highest BCUT2D eigenvalue weighted by Crippen LogP contribution is 2.29. The number of carbonyl (C=O) groups is 2. The van der Waals surface area contributed by atoms with E-state index in [1.807, 2.05) is 31.2 Å². The zero-order valence-electron chi connectivity index (χ0n) is 16.1. The molecule has 8 heteroatoms. The first-order valence-electron chi connectivity index (χ1n) is 9.73. The second-order valence-electron chi connectivity index (χ2n) is 7.24. The highest BCUT2D eigenvalue weighted by molar-refractivity contribution is 6.64. The van der Waals surface area contributed by atoms with Crippen molar-refractivity contribution in [2.24, 2.45) is 5.92 Å². The van der Waals surface area contributed by atoms with Gasteiger partial charge < -0.3 is 20.4 Å². The summed E-state index contributed by atoms with van der Waals surface area (Å²) in [4.78, 5) is 23.6. The summed E-state index contributed by atoms with van der Waals surface area (Å²) in [5.74, 6) is 0.0956. The van der Waals surface area contributed by atoms with Crippen molar-refractivity contribution in [1.82, 2.24) is 15.4 Å². The van der Waals surface area contributed by atoms with Gasteiger partial charge in [0.15, 0.2) is 0 Å². The van der Waals surface area contributed by atoms with Gasteiger partial charge in [-0.3, -0.25) is 9.89 Å². The topological polar surface area (TPSA) is 107 Å². The molecule has 147 valence electrons. The van der Waals surface area contributed by atoms with Crippen LogP contribution in [-0.4, -0.2) is 40.9 Å². The van der Waals surface area contributed by atoms with E-state index >= 15 is 0 Å². The molecule has 1 amide bonds. The molecular formula is C20H26BN4O3. The Morgan fingerprint density at radius 1 is 1.32 bits per heavy atom. The fourth-order valence-electron chi connectivity index (χ4n) is 3.95. The number of nitrogens with one attached hydrogen (secondary N) is 3. The molecule has 28 heavy (non-hydrogen) atoms. The van der Waals surface area contributed by atoms with E-state index in [0.29, 0.717) is 17.6 Å². The zero-order valence-corrected chi connectivity index (χ0v) is 16.1. The van der Waals surface area contributed by atoms with Gasteiger partial charge in [0.05, 0.1) is 24.5 Å². The normalized spacial score (nSPS) is 15.8. The largest absolute Gasteiger partial charge is 0.390 e. The monoisotopic (exact) mass is 381 g/mol. The maximum atomic E-state index is 12.8. The van der Waals surface area contributed by atoms with E-state index in [1.165, 1.54) is 13.8 Å². The third kappa shape index (κ3) is 4.69. The second kappa shape index (κ2) is 9.66. The highest BCUT2D eigenvalue weighted by Gasteiger charge is 2.29. The number of aromatic nitrogens is 2. The van der Waals surface area contributed by atoms with Crippen LogP contribution in [-0.2, 0) is 16.2 Å². The molecule has 2 aromatic rings. The highest BCUT2D eigenvalue weighted by atomic mass is 16.3. The minimum atomic E-state index is -0.415. The molecule has 0 aliphatic heterocycles. The van der Waals surface area contributed by atoms with Crippen LogP contribution in [0.15, 0.2) is 24.3 Å². The van der Waals surface area contributed by atoms with Crippen LogP contribution in [0.1, 0.15) is 43.5 Å². The van der Waals surface area contributed by atoms with Gasteiger partial charge in [0.2, 0.25) is 5.91 Å². The van der Waals surface area contributed by atoms with Crippen molar-refractivity contribution in [3.8, 4) is 11.1 Å². The molecule has 0 unspecified atom stereocenters. The number of amides is 1. The van der Waals surface area contributed by atoms with E-state index in [0.717, 1.165) is 42.5 Å². The van der Waals surface area contributed by atoms with Crippen molar-refractivity contribution in [2.75, 3.05) is 5.32 Å². The Kier molecular flexibility index (Phi) is 7.00. The molecule has 3 rings (SSSR count). The Balaban J connectivity index is 1.71. The Morgan fingerprint density at radius 2 is 2.04 bits per heavy atom. The molecule has 7 nitrogen and oxygen atoms in total. The van der Waals surface area contributed by atoms with Crippen LogP contribution in [0.5, 0.6) is 0 Å². The molecular weight excluding hydrogens is 355 g/mol. The fourth-order valence-corrected chi connectivity index (χ4v) is 3.95. The van der Waals surface area contributed by atoms with Gasteiger partial charge in [0, 0.05) is 16.9 Å². The number of H-pyrrole nitrogens is 1. The molecule has 1 aromatic heterocycles. The maximum Gasteiger partial charge on any atom is 0.291 e. The maximum absolute atomic E-state index is 12.8. The van der Waals surface area contributed by atoms with E-state index < -0.39 is 6.04 Å². The second-order valence-corrected chi connectivity index (χ2v) is 7.24. The first kappa shape index (κ1) is 20.3. The minimum Gasteiger partial charge on any atom is -0.390 e. The van der Waals surface area contributed by atoms with Crippen molar-refractivity contribution >= 4 is 25.2 Å². The van der Waals surface area contributed by atoms with E-state index in [9.17, 15) is 14.7 Å². The molecule has 1 radical (unpaired) electrons. The summed E-state index contributed by atoms with van der Waals surface area (Å²) < 4.78 is 0. The summed E-state index contributed by atoms with van der Waals surface area (Å²) >= 11 is 0. The van der Waals surface area contributed by atoms with Gasteiger partial charge >= 0.3 is 0 Å². The third-order valence-electron chi connectivity index (χ3n) is 5.36. The van der Waals surface area contributed by atoms with E-state index in [4.69, 9.17) is 0 Å². The molecule has 1 fully saturated rings. The molecule has 1 atom stereocenters. The number of carbonyl (C=O) groups excluding carboxylic acids is 2. The summed E-state index contributed by atoms with van der Waals surface area (Å²) in [6.07, 6.45) is 6.07. The van der Waals surface area contributed by atoms with Crippen LogP contribution in [0.4, 0.5) is 5.69 Å². The molecule has 0 saturated heterocycles. The van der Waals surface area contributed by atoms with Gasteiger partial charge in [-0.1, -0.05) is 31.4 Å². The number of rotatable bonds is 8. The Labute approximate surface area is 165 Å². The fraction of sp³-hybridized carbons (Fsp3) is 0.450. The average molecular weight is 381 g/mol. The zero-order chi connectivity index (χ0) is 19.9. The molecule has 1 aliphatic rings. The number of benzene rings is 1. The predicted octanol–water partition coefficient (Wildman–Crippen LogP) is 2.16. The van der Waals surface area contributed by atoms with Gasteiger partial charge in [0.1, 0.15) is 0 Å². The van der Waals surface area contributed by atoms with E-state index in [1.54, 1.807) is 0 Å². The summed E-state index contributed by atoms with van der Waals surface area (Å²) in [6, 6.07) is 7.05. The first-order chi connectivity index (χ1) is 13.6. The SMILES string of the molecule is Cc1[nH]nc(CO)c1-c1ccc(NC(=O)[C@@H](N[B]C=O)C2CCCCC2)cc1. The lowest BCUT2D eigenvalue weighted by atomic mass is 9.81. The lowest BCUT2D eigenvalue weighted by Crippen LogP contribution is -2.48. The number of anilines is 1. The Morgan fingerprint density at radius 3 is 2.68 bits per heavy atom. The Hall–Kier alpha value is -2.45. The van der Waals surface area contributed by atoms with Gasteiger partial charge in [0.25, 0.3) is 7.41 Å². The van der Waals surface area contributed by atoms with E-state index in [2.05, 4.69) is 20.7 Å². The van der Waals surface area contributed by atoms with Crippen molar-refractivity contribution in [1.29, 1.82) is 0 Å². The molecule has 4 N–H and O–H groups in total. The van der Waals surface area contributed by atoms with Crippen LogP contribution in [0, 0.1) is 12.8 Å².